The second kappa shape index (κ2) is 11.9. The number of benzene rings is 3. The van der Waals surface area contributed by atoms with Crippen LogP contribution in [-0.4, -0.2) is 41.6 Å². The lowest BCUT2D eigenvalue weighted by molar-refractivity contribution is -0.119. The first-order valence-electron chi connectivity index (χ1n) is 10.8. The summed E-state index contributed by atoms with van der Waals surface area (Å²) in [5, 5.41) is 3.18. The van der Waals surface area contributed by atoms with Crippen molar-refractivity contribution in [2.45, 2.75) is 17.7 Å². The predicted octanol–water partition coefficient (Wildman–Crippen LogP) is 4.44. The number of ether oxygens (including phenoxy) is 2. The molecule has 3 aromatic rings. The average Bonchev–Trinajstić information content (AvgIpc) is 2.86. The maximum atomic E-state index is 13.5. The third-order valence-corrected chi connectivity index (χ3v) is 7.24. The molecule has 0 bridgehead atoms. The van der Waals surface area contributed by atoms with E-state index in [-0.39, 0.29) is 22.1 Å². The van der Waals surface area contributed by atoms with Gasteiger partial charge in [-0.25, -0.2) is 12.8 Å². The monoisotopic (exact) mass is 520 g/mol. The van der Waals surface area contributed by atoms with Gasteiger partial charge < -0.3 is 14.8 Å². The standard InChI is InChI=1S/C25H26ClFN2O5S/c1-33-23-14-13-22(16-24(23)34-2)35(31,32)29(21-11-7-19(26)8-12-21)17-25(30)28-15-3-4-18-5-9-20(27)10-6-18/h5-14,16H,3-4,15,17H2,1-2H3,(H,28,30). The van der Waals surface area contributed by atoms with Crippen molar-refractivity contribution in [2.75, 3.05) is 31.6 Å². The molecule has 10 heteroatoms. The number of hydrogen-bond acceptors (Lipinski definition) is 5. The number of carbonyl (C=O) groups excluding carboxylic acids is 1. The Morgan fingerprint density at radius 2 is 1.63 bits per heavy atom. The van der Waals surface area contributed by atoms with Gasteiger partial charge in [-0.3, -0.25) is 9.10 Å². The van der Waals surface area contributed by atoms with Crippen LogP contribution < -0.4 is 19.1 Å². The maximum Gasteiger partial charge on any atom is 0.264 e. The van der Waals surface area contributed by atoms with Gasteiger partial charge in [0.15, 0.2) is 11.5 Å². The van der Waals surface area contributed by atoms with E-state index in [9.17, 15) is 17.6 Å². The van der Waals surface area contributed by atoms with Gasteiger partial charge >= 0.3 is 0 Å². The second-order valence-corrected chi connectivity index (χ2v) is 9.88. The molecule has 0 aliphatic rings. The number of nitrogens with one attached hydrogen (secondary N) is 1. The molecule has 1 N–H and O–H groups in total. The van der Waals surface area contributed by atoms with Gasteiger partial charge in [0.25, 0.3) is 10.0 Å². The van der Waals surface area contributed by atoms with E-state index in [1.165, 1.54) is 56.7 Å². The van der Waals surface area contributed by atoms with Crippen molar-refractivity contribution in [1.82, 2.24) is 5.32 Å². The molecule has 0 fully saturated rings. The molecular weight excluding hydrogens is 495 g/mol. The summed E-state index contributed by atoms with van der Waals surface area (Å²) in [6.07, 6.45) is 1.26. The number of halogens is 2. The van der Waals surface area contributed by atoms with Gasteiger partial charge in [0.2, 0.25) is 5.91 Å². The Kier molecular flexibility index (Phi) is 8.95. The summed E-state index contributed by atoms with van der Waals surface area (Å²) < 4.78 is 51.6. The minimum absolute atomic E-state index is 0.0609. The van der Waals surface area contributed by atoms with E-state index in [1.807, 2.05) is 0 Å². The number of nitrogens with zero attached hydrogens (tertiary/aromatic N) is 1. The van der Waals surface area contributed by atoms with Crippen molar-refractivity contribution < 1.29 is 27.1 Å². The van der Waals surface area contributed by atoms with E-state index in [2.05, 4.69) is 5.32 Å². The van der Waals surface area contributed by atoms with Crippen LogP contribution >= 0.6 is 11.6 Å². The second-order valence-electron chi connectivity index (χ2n) is 7.58. The summed E-state index contributed by atoms with van der Waals surface area (Å²) in [4.78, 5) is 12.7. The van der Waals surface area contributed by atoms with Crippen LogP contribution in [0, 0.1) is 5.82 Å². The molecule has 3 rings (SSSR count). The molecular formula is C25H26ClFN2O5S. The Labute approximate surface area is 209 Å². The predicted molar refractivity (Wildman–Crippen MR) is 133 cm³/mol. The van der Waals surface area contributed by atoms with Gasteiger partial charge in [0.1, 0.15) is 12.4 Å². The van der Waals surface area contributed by atoms with Gasteiger partial charge in [-0.05, 0) is 66.9 Å². The normalized spacial score (nSPS) is 11.1. The largest absolute Gasteiger partial charge is 0.493 e. The molecule has 0 atom stereocenters. The highest BCUT2D eigenvalue weighted by Gasteiger charge is 2.28. The van der Waals surface area contributed by atoms with E-state index < -0.39 is 22.5 Å². The molecule has 3 aromatic carbocycles. The third-order valence-electron chi connectivity index (χ3n) is 5.22. The molecule has 0 aliphatic heterocycles. The highest BCUT2D eigenvalue weighted by molar-refractivity contribution is 7.92. The SMILES string of the molecule is COc1ccc(S(=O)(=O)N(CC(=O)NCCCc2ccc(F)cc2)c2ccc(Cl)cc2)cc1OC. The Hall–Kier alpha value is -3.30. The van der Waals surface area contributed by atoms with Crippen molar-refractivity contribution in [3.8, 4) is 11.5 Å². The van der Waals surface area contributed by atoms with Crippen LogP contribution in [0.15, 0.2) is 71.6 Å². The van der Waals surface area contributed by atoms with E-state index >= 15 is 0 Å². The lowest BCUT2D eigenvalue weighted by Gasteiger charge is -2.24. The molecule has 35 heavy (non-hydrogen) atoms. The number of carbonyl (C=O) groups is 1. The average molecular weight is 521 g/mol. The summed E-state index contributed by atoms with van der Waals surface area (Å²) in [6.45, 7) is -0.101. The van der Waals surface area contributed by atoms with Crippen LogP contribution in [-0.2, 0) is 21.2 Å². The number of amides is 1. The molecule has 0 saturated carbocycles. The van der Waals surface area contributed by atoms with Gasteiger partial charge in [0.05, 0.1) is 24.8 Å². The Morgan fingerprint density at radius 1 is 0.971 bits per heavy atom. The van der Waals surface area contributed by atoms with Gasteiger partial charge in [0, 0.05) is 17.6 Å². The minimum atomic E-state index is -4.14. The molecule has 0 unspecified atom stereocenters. The van der Waals surface area contributed by atoms with E-state index in [4.69, 9.17) is 21.1 Å². The highest BCUT2D eigenvalue weighted by Crippen LogP contribution is 2.32. The van der Waals surface area contributed by atoms with Crippen molar-refractivity contribution >= 4 is 33.2 Å². The number of aryl methyl sites for hydroxylation is 1. The van der Waals surface area contributed by atoms with Crippen LogP contribution in [0.25, 0.3) is 0 Å². The van der Waals surface area contributed by atoms with Crippen LogP contribution in [0.5, 0.6) is 11.5 Å². The van der Waals surface area contributed by atoms with E-state index in [0.29, 0.717) is 30.2 Å². The van der Waals surface area contributed by atoms with Gasteiger partial charge in [-0.1, -0.05) is 23.7 Å². The third kappa shape index (κ3) is 6.86. The van der Waals surface area contributed by atoms with Gasteiger partial charge in [-0.15, -0.1) is 0 Å². The molecule has 0 spiro atoms. The first-order valence-corrected chi connectivity index (χ1v) is 12.6. The van der Waals surface area contributed by atoms with Crippen molar-refractivity contribution in [3.05, 3.63) is 83.1 Å². The minimum Gasteiger partial charge on any atom is -0.493 e. The van der Waals surface area contributed by atoms with E-state index in [0.717, 1.165) is 9.87 Å². The number of anilines is 1. The summed E-state index contributed by atoms with van der Waals surface area (Å²) in [7, 11) is -1.28. The van der Waals surface area contributed by atoms with Crippen LogP contribution in [0.3, 0.4) is 0 Å². The fourth-order valence-corrected chi connectivity index (χ4v) is 4.95. The van der Waals surface area contributed by atoms with Crippen LogP contribution in [0.1, 0.15) is 12.0 Å². The number of rotatable bonds is 11. The molecule has 0 heterocycles. The number of methoxy groups -OCH3 is 2. The first-order chi connectivity index (χ1) is 16.7. The molecule has 0 aliphatic carbocycles. The zero-order chi connectivity index (χ0) is 25.4. The first kappa shape index (κ1) is 26.3. The maximum absolute atomic E-state index is 13.5. The summed E-state index contributed by atoms with van der Waals surface area (Å²) in [5.41, 5.74) is 1.23. The molecule has 7 nitrogen and oxygen atoms in total. The zero-order valence-electron chi connectivity index (χ0n) is 19.3. The fraction of sp³-hybridized carbons (Fsp3) is 0.240. The molecule has 1 amide bonds. The zero-order valence-corrected chi connectivity index (χ0v) is 20.9. The highest BCUT2D eigenvalue weighted by atomic mass is 35.5. The molecule has 0 aromatic heterocycles. The number of sulfonamides is 1. The van der Waals surface area contributed by atoms with Crippen LogP contribution in [0.2, 0.25) is 5.02 Å². The number of hydrogen-bond donors (Lipinski definition) is 1. The molecule has 186 valence electrons. The van der Waals surface area contributed by atoms with Crippen molar-refractivity contribution in [3.63, 3.8) is 0 Å². The lowest BCUT2D eigenvalue weighted by atomic mass is 10.1. The Balaban J connectivity index is 1.76. The Morgan fingerprint density at radius 3 is 2.26 bits per heavy atom. The summed E-state index contributed by atoms with van der Waals surface area (Å²) in [6, 6.07) is 16.5. The molecule has 0 saturated heterocycles. The van der Waals surface area contributed by atoms with Crippen LogP contribution in [0.4, 0.5) is 10.1 Å². The quantitative estimate of drug-likeness (QED) is 0.378. The fourth-order valence-electron chi connectivity index (χ4n) is 3.38. The van der Waals surface area contributed by atoms with E-state index in [1.54, 1.807) is 24.3 Å². The van der Waals surface area contributed by atoms with Gasteiger partial charge in [-0.2, -0.15) is 0 Å². The summed E-state index contributed by atoms with van der Waals surface area (Å²) in [5.74, 6) is -0.151. The smallest absolute Gasteiger partial charge is 0.264 e. The molecule has 0 radical (unpaired) electrons. The summed E-state index contributed by atoms with van der Waals surface area (Å²) >= 11 is 5.97. The topological polar surface area (TPSA) is 84.9 Å². The Bertz CT molecular complexity index is 1250. The van der Waals surface area contributed by atoms with Crippen molar-refractivity contribution in [2.24, 2.45) is 0 Å². The lowest BCUT2D eigenvalue weighted by Crippen LogP contribution is -2.41. The van der Waals surface area contributed by atoms with Crippen molar-refractivity contribution in [1.29, 1.82) is 0 Å².